The third-order valence-corrected chi connectivity index (χ3v) is 4.87. The molecule has 2 fully saturated rings. The van der Waals surface area contributed by atoms with Crippen LogP contribution in [0.15, 0.2) is 18.3 Å². The van der Waals surface area contributed by atoms with Crippen molar-refractivity contribution in [2.45, 2.75) is 51.2 Å². The molecule has 2 heterocycles. The maximum Gasteiger partial charge on any atom is 0.128 e. The molecule has 4 nitrogen and oxygen atoms in total. The Hall–Kier alpha value is -1.13. The molecule has 4 heteroatoms. The van der Waals surface area contributed by atoms with Crippen LogP contribution >= 0.6 is 0 Å². The average Bonchev–Trinajstić information content (AvgIpc) is 3.21. The number of rotatable bonds is 6. The Labute approximate surface area is 127 Å². The van der Waals surface area contributed by atoms with Crippen molar-refractivity contribution in [2.24, 2.45) is 5.92 Å². The average molecular weight is 289 g/mol. The number of aliphatic hydroxyl groups excluding tert-OH is 1. The molecule has 0 spiro atoms. The van der Waals surface area contributed by atoms with Crippen molar-refractivity contribution in [3.63, 3.8) is 0 Å². The van der Waals surface area contributed by atoms with Crippen LogP contribution in [0, 0.1) is 5.92 Å². The lowest BCUT2D eigenvalue weighted by Crippen LogP contribution is -2.31. The highest BCUT2D eigenvalue weighted by molar-refractivity contribution is 5.40. The second kappa shape index (κ2) is 7.23. The summed E-state index contributed by atoms with van der Waals surface area (Å²) in [6.45, 7) is 3.76. The van der Waals surface area contributed by atoms with Crippen LogP contribution in [0.4, 0.5) is 5.82 Å². The number of aromatic nitrogens is 1. The van der Waals surface area contributed by atoms with Crippen molar-refractivity contribution in [1.82, 2.24) is 10.3 Å². The fraction of sp³-hybridized carbons (Fsp3) is 0.706. The lowest BCUT2D eigenvalue weighted by molar-refractivity contribution is 0.109. The molecule has 1 aromatic rings. The number of aliphatic hydroxyl groups is 1. The third kappa shape index (κ3) is 3.95. The minimum Gasteiger partial charge on any atom is -0.392 e. The first-order valence-corrected chi connectivity index (χ1v) is 8.41. The summed E-state index contributed by atoms with van der Waals surface area (Å²) in [5.74, 6) is 1.61. The lowest BCUT2D eigenvalue weighted by atomic mass is 10.0. The fourth-order valence-electron chi connectivity index (χ4n) is 3.53. The zero-order chi connectivity index (χ0) is 14.5. The fourth-order valence-corrected chi connectivity index (χ4v) is 3.53. The maximum absolute atomic E-state index is 10.1. The van der Waals surface area contributed by atoms with Gasteiger partial charge in [0.2, 0.25) is 0 Å². The molecule has 1 aromatic heterocycles. The molecule has 3 rings (SSSR count). The van der Waals surface area contributed by atoms with Gasteiger partial charge < -0.3 is 15.3 Å². The third-order valence-electron chi connectivity index (χ3n) is 4.87. The van der Waals surface area contributed by atoms with Gasteiger partial charge in [-0.05, 0) is 43.2 Å². The SMILES string of the molecule is OC(CNCc1ccc(N2CCCC2)nc1)C1CCCC1. The predicted molar refractivity (Wildman–Crippen MR) is 85.4 cm³/mol. The van der Waals surface area contributed by atoms with Gasteiger partial charge in [-0.1, -0.05) is 18.9 Å². The molecule has 1 saturated carbocycles. The quantitative estimate of drug-likeness (QED) is 0.844. The number of pyridine rings is 1. The Morgan fingerprint density at radius 3 is 2.62 bits per heavy atom. The van der Waals surface area contributed by atoms with Crippen LogP contribution in [-0.2, 0) is 6.54 Å². The zero-order valence-corrected chi connectivity index (χ0v) is 12.8. The van der Waals surface area contributed by atoms with Crippen LogP contribution in [0.25, 0.3) is 0 Å². The molecule has 0 aromatic carbocycles. The van der Waals surface area contributed by atoms with E-state index in [-0.39, 0.29) is 6.10 Å². The van der Waals surface area contributed by atoms with Crippen molar-refractivity contribution < 1.29 is 5.11 Å². The van der Waals surface area contributed by atoms with Crippen LogP contribution in [0.2, 0.25) is 0 Å². The first-order chi connectivity index (χ1) is 10.3. The van der Waals surface area contributed by atoms with E-state index in [4.69, 9.17) is 0 Å². The van der Waals surface area contributed by atoms with Crippen molar-refractivity contribution in [2.75, 3.05) is 24.5 Å². The first-order valence-electron chi connectivity index (χ1n) is 8.41. The van der Waals surface area contributed by atoms with E-state index in [1.165, 1.54) is 44.1 Å². The summed E-state index contributed by atoms with van der Waals surface area (Å²) in [7, 11) is 0. The monoisotopic (exact) mass is 289 g/mol. The Bertz CT molecular complexity index is 422. The summed E-state index contributed by atoms with van der Waals surface area (Å²) in [5, 5.41) is 13.5. The lowest BCUT2D eigenvalue weighted by Gasteiger charge is -2.18. The van der Waals surface area contributed by atoms with E-state index in [2.05, 4.69) is 27.3 Å². The molecule has 0 amide bonds. The molecule has 116 valence electrons. The molecule has 0 bridgehead atoms. The smallest absolute Gasteiger partial charge is 0.128 e. The van der Waals surface area contributed by atoms with E-state index in [1.807, 2.05) is 6.20 Å². The highest BCUT2D eigenvalue weighted by Gasteiger charge is 2.22. The summed E-state index contributed by atoms with van der Waals surface area (Å²) in [4.78, 5) is 6.91. The minimum atomic E-state index is -0.190. The van der Waals surface area contributed by atoms with Gasteiger partial charge in [0.1, 0.15) is 5.82 Å². The van der Waals surface area contributed by atoms with E-state index in [0.29, 0.717) is 12.5 Å². The van der Waals surface area contributed by atoms with Gasteiger partial charge in [-0.3, -0.25) is 0 Å². The second-order valence-corrected chi connectivity index (χ2v) is 6.46. The van der Waals surface area contributed by atoms with E-state index >= 15 is 0 Å². The Kier molecular flexibility index (Phi) is 5.09. The molecule has 21 heavy (non-hydrogen) atoms. The molecule has 0 radical (unpaired) electrons. The van der Waals surface area contributed by atoms with Crippen molar-refractivity contribution in [3.05, 3.63) is 23.9 Å². The minimum absolute atomic E-state index is 0.190. The van der Waals surface area contributed by atoms with Crippen molar-refractivity contribution in [3.8, 4) is 0 Å². The first kappa shape index (κ1) is 14.8. The predicted octanol–water partition coefficient (Wildman–Crippen LogP) is 2.32. The molecule has 1 unspecified atom stereocenters. The molecule has 1 aliphatic heterocycles. The Morgan fingerprint density at radius 1 is 1.19 bits per heavy atom. The summed E-state index contributed by atoms with van der Waals surface area (Å²) in [5.41, 5.74) is 1.19. The van der Waals surface area contributed by atoms with E-state index in [1.54, 1.807) is 0 Å². The van der Waals surface area contributed by atoms with Gasteiger partial charge in [0.05, 0.1) is 6.10 Å². The van der Waals surface area contributed by atoms with Gasteiger partial charge >= 0.3 is 0 Å². The molecule has 1 saturated heterocycles. The van der Waals surface area contributed by atoms with Crippen molar-refractivity contribution in [1.29, 1.82) is 0 Å². The highest BCUT2D eigenvalue weighted by Crippen LogP contribution is 2.27. The topological polar surface area (TPSA) is 48.4 Å². The van der Waals surface area contributed by atoms with Crippen molar-refractivity contribution >= 4 is 5.82 Å². The van der Waals surface area contributed by atoms with Crippen LogP contribution in [0.5, 0.6) is 0 Å². The number of hydrogen-bond donors (Lipinski definition) is 2. The van der Waals surface area contributed by atoms with Crippen LogP contribution in [0.1, 0.15) is 44.1 Å². The van der Waals surface area contributed by atoms with E-state index in [9.17, 15) is 5.11 Å². The number of nitrogens with zero attached hydrogens (tertiary/aromatic N) is 2. The highest BCUT2D eigenvalue weighted by atomic mass is 16.3. The molecule has 1 aliphatic carbocycles. The summed E-state index contributed by atoms with van der Waals surface area (Å²) >= 11 is 0. The molecule has 1 atom stereocenters. The van der Waals surface area contributed by atoms with E-state index in [0.717, 1.165) is 25.5 Å². The Morgan fingerprint density at radius 2 is 1.95 bits per heavy atom. The van der Waals surface area contributed by atoms with Gasteiger partial charge in [-0.25, -0.2) is 4.98 Å². The van der Waals surface area contributed by atoms with E-state index < -0.39 is 0 Å². The maximum atomic E-state index is 10.1. The van der Waals surface area contributed by atoms with Gasteiger partial charge in [0, 0.05) is 32.4 Å². The van der Waals surface area contributed by atoms with Crippen LogP contribution in [0.3, 0.4) is 0 Å². The van der Waals surface area contributed by atoms with Crippen LogP contribution < -0.4 is 10.2 Å². The number of nitrogens with one attached hydrogen (secondary N) is 1. The largest absolute Gasteiger partial charge is 0.392 e. The summed E-state index contributed by atoms with van der Waals surface area (Å²) in [6.07, 6.45) is 9.28. The standard InChI is InChI=1S/C17H27N3O/c21-16(15-5-1-2-6-15)13-18-11-14-7-8-17(19-12-14)20-9-3-4-10-20/h7-8,12,15-16,18,21H,1-6,9-11,13H2. The molecule has 2 N–H and O–H groups in total. The molecule has 2 aliphatic rings. The van der Waals surface area contributed by atoms with Gasteiger partial charge in [-0.2, -0.15) is 0 Å². The van der Waals surface area contributed by atoms with Gasteiger partial charge in [-0.15, -0.1) is 0 Å². The molecular formula is C17H27N3O. The normalized spacial score (nSPS) is 21.1. The number of anilines is 1. The van der Waals surface area contributed by atoms with Gasteiger partial charge in [0.25, 0.3) is 0 Å². The number of hydrogen-bond acceptors (Lipinski definition) is 4. The van der Waals surface area contributed by atoms with Crippen LogP contribution in [-0.4, -0.2) is 35.8 Å². The summed E-state index contributed by atoms with van der Waals surface area (Å²) < 4.78 is 0. The second-order valence-electron chi connectivity index (χ2n) is 6.46. The molecular weight excluding hydrogens is 262 g/mol. The summed E-state index contributed by atoms with van der Waals surface area (Å²) in [6, 6.07) is 4.27. The zero-order valence-electron chi connectivity index (χ0n) is 12.8. The van der Waals surface area contributed by atoms with Gasteiger partial charge in [0.15, 0.2) is 0 Å². The Balaban J connectivity index is 1.42.